The average Bonchev–Trinajstić information content (AvgIpc) is 1.91. The SMILES string of the molecule is CCNC1=CC=CCC1. The number of rotatable bonds is 2. The van der Waals surface area contributed by atoms with Gasteiger partial charge in [0.25, 0.3) is 0 Å². The monoisotopic (exact) mass is 123 g/mol. The normalized spacial score (nSPS) is 17.2. The predicted octanol–water partition coefficient (Wildman–Crippen LogP) is 1.83. The van der Waals surface area contributed by atoms with E-state index < -0.39 is 0 Å². The van der Waals surface area contributed by atoms with Gasteiger partial charge in [-0.2, -0.15) is 0 Å². The van der Waals surface area contributed by atoms with Gasteiger partial charge in [0, 0.05) is 12.2 Å². The summed E-state index contributed by atoms with van der Waals surface area (Å²) in [6.07, 6.45) is 8.83. The van der Waals surface area contributed by atoms with Gasteiger partial charge in [0.15, 0.2) is 0 Å². The molecule has 0 aromatic rings. The van der Waals surface area contributed by atoms with E-state index in [1.807, 2.05) is 0 Å². The summed E-state index contributed by atoms with van der Waals surface area (Å²) in [4.78, 5) is 0. The van der Waals surface area contributed by atoms with Crippen molar-refractivity contribution in [1.29, 1.82) is 0 Å². The fourth-order valence-corrected chi connectivity index (χ4v) is 0.977. The van der Waals surface area contributed by atoms with Gasteiger partial charge in [-0.1, -0.05) is 12.2 Å². The molecule has 9 heavy (non-hydrogen) atoms. The smallest absolute Gasteiger partial charge is 0.0115 e. The van der Waals surface area contributed by atoms with Gasteiger partial charge in [-0.15, -0.1) is 0 Å². The Bertz CT molecular complexity index is 134. The third kappa shape index (κ3) is 1.92. The van der Waals surface area contributed by atoms with Crippen LogP contribution in [0.25, 0.3) is 0 Å². The predicted molar refractivity (Wildman–Crippen MR) is 40.1 cm³/mol. The molecule has 0 saturated heterocycles. The molecule has 0 aromatic carbocycles. The van der Waals surface area contributed by atoms with Crippen LogP contribution in [0, 0.1) is 0 Å². The minimum Gasteiger partial charge on any atom is -0.389 e. The average molecular weight is 123 g/mol. The molecular weight excluding hydrogens is 110 g/mol. The number of hydrogen-bond acceptors (Lipinski definition) is 1. The van der Waals surface area contributed by atoms with Crippen LogP contribution < -0.4 is 5.32 Å². The lowest BCUT2D eigenvalue weighted by Gasteiger charge is -2.08. The Morgan fingerprint density at radius 3 is 3.11 bits per heavy atom. The van der Waals surface area contributed by atoms with E-state index >= 15 is 0 Å². The molecule has 0 aromatic heterocycles. The molecule has 0 fully saturated rings. The van der Waals surface area contributed by atoms with Crippen LogP contribution in [0.5, 0.6) is 0 Å². The van der Waals surface area contributed by atoms with Crippen molar-refractivity contribution in [2.45, 2.75) is 19.8 Å². The maximum absolute atomic E-state index is 3.29. The molecule has 1 nitrogen and oxygen atoms in total. The van der Waals surface area contributed by atoms with E-state index in [4.69, 9.17) is 0 Å². The molecule has 1 rings (SSSR count). The highest BCUT2D eigenvalue weighted by Gasteiger charge is 1.94. The molecule has 1 N–H and O–H groups in total. The Hall–Kier alpha value is -0.720. The molecule has 0 bridgehead atoms. The lowest BCUT2D eigenvalue weighted by molar-refractivity contribution is 0.775. The third-order valence-electron chi connectivity index (χ3n) is 1.42. The molecular formula is C8H13N. The van der Waals surface area contributed by atoms with Gasteiger partial charge >= 0.3 is 0 Å². The van der Waals surface area contributed by atoms with E-state index in [0.717, 1.165) is 6.54 Å². The molecule has 0 spiro atoms. The van der Waals surface area contributed by atoms with Crippen LogP contribution in [-0.4, -0.2) is 6.54 Å². The van der Waals surface area contributed by atoms with E-state index in [2.05, 4.69) is 30.5 Å². The second-order valence-corrected chi connectivity index (χ2v) is 2.19. The minimum atomic E-state index is 1.04. The quantitative estimate of drug-likeness (QED) is 0.590. The number of allylic oxidation sites excluding steroid dienone is 4. The zero-order chi connectivity index (χ0) is 6.53. The first-order valence-corrected chi connectivity index (χ1v) is 3.53. The van der Waals surface area contributed by atoms with Crippen LogP contribution in [-0.2, 0) is 0 Å². The third-order valence-corrected chi connectivity index (χ3v) is 1.42. The highest BCUT2D eigenvalue weighted by atomic mass is 14.9. The highest BCUT2D eigenvalue weighted by molar-refractivity contribution is 5.15. The molecule has 0 amide bonds. The van der Waals surface area contributed by atoms with Crippen LogP contribution in [0.3, 0.4) is 0 Å². The lowest BCUT2D eigenvalue weighted by atomic mass is 10.1. The van der Waals surface area contributed by atoms with Crippen molar-refractivity contribution in [3.63, 3.8) is 0 Å². The van der Waals surface area contributed by atoms with E-state index in [1.165, 1.54) is 18.5 Å². The van der Waals surface area contributed by atoms with Gasteiger partial charge in [-0.05, 0) is 25.8 Å². The van der Waals surface area contributed by atoms with Crippen LogP contribution in [0.2, 0.25) is 0 Å². The second kappa shape index (κ2) is 3.33. The molecule has 0 heterocycles. The van der Waals surface area contributed by atoms with E-state index in [9.17, 15) is 0 Å². The van der Waals surface area contributed by atoms with Gasteiger partial charge in [-0.3, -0.25) is 0 Å². The number of hydrogen-bond donors (Lipinski definition) is 1. The van der Waals surface area contributed by atoms with Crippen molar-refractivity contribution >= 4 is 0 Å². The summed E-state index contributed by atoms with van der Waals surface area (Å²) >= 11 is 0. The zero-order valence-electron chi connectivity index (χ0n) is 5.85. The van der Waals surface area contributed by atoms with Crippen molar-refractivity contribution < 1.29 is 0 Å². The number of nitrogens with one attached hydrogen (secondary N) is 1. The first-order valence-electron chi connectivity index (χ1n) is 3.53. The molecule has 1 aliphatic rings. The first-order chi connectivity index (χ1) is 4.43. The van der Waals surface area contributed by atoms with Crippen molar-refractivity contribution in [2.24, 2.45) is 0 Å². The van der Waals surface area contributed by atoms with Crippen molar-refractivity contribution in [2.75, 3.05) is 6.54 Å². The maximum atomic E-state index is 3.29. The van der Waals surface area contributed by atoms with Gasteiger partial charge < -0.3 is 5.32 Å². The summed E-state index contributed by atoms with van der Waals surface area (Å²) in [6, 6.07) is 0. The Morgan fingerprint density at radius 1 is 1.67 bits per heavy atom. The highest BCUT2D eigenvalue weighted by Crippen LogP contribution is 2.07. The topological polar surface area (TPSA) is 12.0 Å². The molecule has 0 radical (unpaired) electrons. The van der Waals surface area contributed by atoms with Gasteiger partial charge in [0.05, 0.1) is 0 Å². The molecule has 0 atom stereocenters. The van der Waals surface area contributed by atoms with Crippen LogP contribution in [0.15, 0.2) is 23.9 Å². The summed E-state index contributed by atoms with van der Waals surface area (Å²) in [5, 5.41) is 3.29. The molecule has 0 saturated carbocycles. The Balaban J connectivity index is 2.38. The van der Waals surface area contributed by atoms with Gasteiger partial charge in [0.1, 0.15) is 0 Å². The van der Waals surface area contributed by atoms with E-state index in [1.54, 1.807) is 0 Å². The van der Waals surface area contributed by atoms with E-state index in [0.29, 0.717) is 0 Å². The summed E-state index contributed by atoms with van der Waals surface area (Å²) < 4.78 is 0. The van der Waals surface area contributed by atoms with Crippen molar-refractivity contribution in [3.8, 4) is 0 Å². The van der Waals surface area contributed by atoms with Crippen LogP contribution >= 0.6 is 0 Å². The van der Waals surface area contributed by atoms with Crippen LogP contribution in [0.1, 0.15) is 19.8 Å². The maximum Gasteiger partial charge on any atom is 0.0115 e. The minimum absolute atomic E-state index is 1.04. The summed E-state index contributed by atoms with van der Waals surface area (Å²) in [6.45, 7) is 3.17. The fourth-order valence-electron chi connectivity index (χ4n) is 0.977. The molecule has 0 aliphatic heterocycles. The molecule has 0 unspecified atom stereocenters. The van der Waals surface area contributed by atoms with Crippen LogP contribution in [0.4, 0.5) is 0 Å². The second-order valence-electron chi connectivity index (χ2n) is 2.19. The Kier molecular flexibility index (Phi) is 2.37. The Labute approximate surface area is 56.5 Å². The van der Waals surface area contributed by atoms with Crippen molar-refractivity contribution in [1.82, 2.24) is 5.32 Å². The van der Waals surface area contributed by atoms with Gasteiger partial charge in [0.2, 0.25) is 0 Å². The Morgan fingerprint density at radius 2 is 2.56 bits per heavy atom. The summed E-state index contributed by atoms with van der Waals surface area (Å²) in [7, 11) is 0. The lowest BCUT2D eigenvalue weighted by Crippen LogP contribution is -2.12. The summed E-state index contributed by atoms with van der Waals surface area (Å²) in [5.74, 6) is 0. The standard InChI is InChI=1S/C8H13N/c1-2-9-8-6-4-3-5-7-8/h3-4,6,9H,2,5,7H2,1H3. The zero-order valence-corrected chi connectivity index (χ0v) is 5.85. The van der Waals surface area contributed by atoms with E-state index in [-0.39, 0.29) is 0 Å². The largest absolute Gasteiger partial charge is 0.389 e. The first kappa shape index (κ1) is 6.40. The summed E-state index contributed by atoms with van der Waals surface area (Å²) in [5.41, 5.74) is 1.38. The molecule has 1 aliphatic carbocycles. The van der Waals surface area contributed by atoms with Crippen molar-refractivity contribution in [3.05, 3.63) is 23.9 Å². The molecule has 1 heteroatoms. The molecule has 50 valence electrons. The fraction of sp³-hybridized carbons (Fsp3) is 0.500. The van der Waals surface area contributed by atoms with Gasteiger partial charge in [-0.25, -0.2) is 0 Å².